The molecule has 3 fully saturated rings. The van der Waals surface area contributed by atoms with Gasteiger partial charge in [0, 0.05) is 37.2 Å². The third-order valence-electron chi connectivity index (χ3n) is 9.02. The van der Waals surface area contributed by atoms with Gasteiger partial charge in [0.2, 0.25) is 5.88 Å². The van der Waals surface area contributed by atoms with Gasteiger partial charge in [-0.15, -0.1) is 0 Å². The van der Waals surface area contributed by atoms with Crippen molar-refractivity contribution in [2.45, 2.75) is 43.2 Å². The number of halogens is 6. The number of alkyl halides is 4. The molecule has 7 rings (SSSR count). The van der Waals surface area contributed by atoms with Crippen molar-refractivity contribution in [1.29, 1.82) is 0 Å². The molecule has 3 saturated heterocycles. The van der Waals surface area contributed by atoms with E-state index in [0.29, 0.717) is 26.2 Å². The minimum atomic E-state index is -4.95. The van der Waals surface area contributed by atoms with Crippen LogP contribution < -0.4 is 20.1 Å². The molecule has 0 spiro atoms. The normalized spacial score (nSPS) is 27.1. The van der Waals surface area contributed by atoms with E-state index >= 15 is 4.39 Å². The standard InChI is InChI=1S/C28H28ClF5N6O3/c1-39-18-11-41-9-13(18)10-42-25-19-23(21(31)22(36-25)16-5-15(35)6-17(29)20(16)28(32,33)34)37-26(38-24(19)39)43-12-27-3-2-4-40(27)8-14(30)7-27/h5-6,13-14,18H,2-4,7-12,35H2,1H3/t13?,14-,18?,27+/m1/s1. The molecule has 2 aromatic heterocycles. The molecule has 0 bridgehead atoms. The predicted octanol–water partition coefficient (Wildman–Crippen LogP) is 4.88. The Balaban J connectivity index is 1.41. The van der Waals surface area contributed by atoms with Crippen LogP contribution in [0.5, 0.6) is 11.9 Å². The number of fused-ring (bicyclic) bond motifs is 2. The molecule has 3 aromatic rings. The summed E-state index contributed by atoms with van der Waals surface area (Å²) in [6, 6.07) is 1.53. The summed E-state index contributed by atoms with van der Waals surface area (Å²) >= 11 is 5.98. The van der Waals surface area contributed by atoms with Crippen LogP contribution in [0.15, 0.2) is 12.1 Å². The Morgan fingerprint density at radius 2 is 2.00 bits per heavy atom. The van der Waals surface area contributed by atoms with Crippen molar-refractivity contribution in [3.8, 4) is 23.1 Å². The average molecular weight is 627 g/mol. The van der Waals surface area contributed by atoms with Crippen LogP contribution in [0.25, 0.3) is 22.2 Å². The van der Waals surface area contributed by atoms with Gasteiger partial charge in [-0.1, -0.05) is 11.6 Å². The van der Waals surface area contributed by atoms with E-state index in [2.05, 4.69) is 19.9 Å². The second kappa shape index (κ2) is 10.2. The first-order chi connectivity index (χ1) is 20.4. The SMILES string of the molecule is CN1c2nc(OC[C@@]34CCCN3C[C@H](F)C4)nc3c(F)c(-c4cc(N)cc(Cl)c4C(F)(F)F)nc(c23)OCC2COCC21. The number of nitrogens with two attached hydrogens (primary N) is 1. The number of nitrogens with zero attached hydrogens (tertiary/aromatic N) is 5. The van der Waals surface area contributed by atoms with Gasteiger partial charge < -0.3 is 24.8 Å². The molecular formula is C28H28ClF5N6O3. The van der Waals surface area contributed by atoms with Gasteiger partial charge in [0.1, 0.15) is 35.2 Å². The van der Waals surface area contributed by atoms with Crippen LogP contribution in [0.1, 0.15) is 24.8 Å². The molecule has 9 nitrogen and oxygen atoms in total. The summed E-state index contributed by atoms with van der Waals surface area (Å²) in [4.78, 5) is 17.1. The summed E-state index contributed by atoms with van der Waals surface area (Å²) in [5.41, 5.74) is 2.23. The van der Waals surface area contributed by atoms with Crippen LogP contribution in [0.4, 0.5) is 33.5 Å². The van der Waals surface area contributed by atoms with Crippen molar-refractivity contribution < 1.29 is 36.2 Å². The third kappa shape index (κ3) is 4.69. The molecule has 4 aliphatic heterocycles. The van der Waals surface area contributed by atoms with E-state index in [0.717, 1.165) is 31.5 Å². The number of pyridine rings is 1. The molecule has 0 aliphatic carbocycles. The second-order valence-corrected chi connectivity index (χ2v) is 12.1. The average Bonchev–Trinajstić information content (AvgIpc) is 3.63. The van der Waals surface area contributed by atoms with E-state index in [-0.39, 0.29) is 59.5 Å². The van der Waals surface area contributed by atoms with Crippen molar-refractivity contribution in [2.24, 2.45) is 5.92 Å². The van der Waals surface area contributed by atoms with Gasteiger partial charge in [-0.2, -0.15) is 23.1 Å². The first-order valence-electron chi connectivity index (χ1n) is 14.0. The van der Waals surface area contributed by atoms with Crippen LogP contribution in [-0.4, -0.2) is 84.2 Å². The second-order valence-electron chi connectivity index (χ2n) is 11.7. The highest BCUT2D eigenvalue weighted by atomic mass is 35.5. The Labute approximate surface area is 248 Å². The first kappa shape index (κ1) is 28.5. The number of hydrogen-bond donors (Lipinski definition) is 1. The Hall–Kier alpha value is -3.23. The van der Waals surface area contributed by atoms with Gasteiger partial charge in [0.15, 0.2) is 5.82 Å². The molecule has 1 aromatic carbocycles. The Morgan fingerprint density at radius 3 is 2.79 bits per heavy atom. The lowest BCUT2D eigenvalue weighted by atomic mass is 9.95. The molecule has 2 N–H and O–H groups in total. The summed E-state index contributed by atoms with van der Waals surface area (Å²) in [6.07, 6.45) is -4.02. The predicted molar refractivity (Wildman–Crippen MR) is 148 cm³/mol. The maximum Gasteiger partial charge on any atom is 0.418 e. The van der Waals surface area contributed by atoms with Crippen molar-refractivity contribution in [3.05, 3.63) is 28.5 Å². The molecule has 4 aliphatic rings. The van der Waals surface area contributed by atoms with E-state index in [1.807, 2.05) is 4.90 Å². The van der Waals surface area contributed by atoms with Crippen molar-refractivity contribution in [2.75, 3.05) is 57.2 Å². The number of benzene rings is 1. The number of likely N-dealkylation sites (N-methyl/N-ethyl adjacent to an activating group) is 1. The highest BCUT2D eigenvalue weighted by Crippen LogP contribution is 2.47. The fourth-order valence-electron chi connectivity index (χ4n) is 6.97. The van der Waals surface area contributed by atoms with Crippen molar-refractivity contribution >= 4 is 34.0 Å². The number of ether oxygens (including phenoxy) is 3. The van der Waals surface area contributed by atoms with E-state index in [4.69, 9.17) is 31.5 Å². The van der Waals surface area contributed by atoms with Crippen molar-refractivity contribution in [3.63, 3.8) is 0 Å². The number of anilines is 2. The number of hydrogen-bond acceptors (Lipinski definition) is 9. The van der Waals surface area contributed by atoms with Gasteiger partial charge in [0.25, 0.3) is 0 Å². The summed E-state index contributed by atoms with van der Waals surface area (Å²) in [5, 5.41) is -0.621. The fourth-order valence-corrected chi connectivity index (χ4v) is 7.31. The highest BCUT2D eigenvalue weighted by Gasteiger charge is 2.49. The maximum atomic E-state index is 16.5. The number of nitrogen functional groups attached to an aromatic ring is 1. The first-order valence-corrected chi connectivity index (χ1v) is 14.4. The largest absolute Gasteiger partial charge is 0.477 e. The third-order valence-corrected chi connectivity index (χ3v) is 9.32. The fraction of sp³-hybridized carbons (Fsp3) is 0.536. The zero-order valence-corrected chi connectivity index (χ0v) is 23.8. The Kier molecular flexibility index (Phi) is 6.74. The van der Waals surface area contributed by atoms with Gasteiger partial charge in [-0.05, 0) is 31.5 Å². The molecule has 0 radical (unpaired) electrons. The van der Waals surface area contributed by atoms with E-state index in [1.54, 1.807) is 7.05 Å². The highest BCUT2D eigenvalue weighted by molar-refractivity contribution is 6.32. The van der Waals surface area contributed by atoms with Gasteiger partial charge in [-0.3, -0.25) is 4.90 Å². The van der Waals surface area contributed by atoms with Gasteiger partial charge in [-0.25, -0.2) is 13.8 Å². The van der Waals surface area contributed by atoms with Crippen LogP contribution in [-0.2, 0) is 10.9 Å². The molecule has 6 heterocycles. The molecule has 0 saturated carbocycles. The summed E-state index contributed by atoms with van der Waals surface area (Å²) in [7, 11) is 1.76. The number of rotatable bonds is 4. The molecule has 0 amide bonds. The topological polar surface area (TPSA) is 98.9 Å². The van der Waals surface area contributed by atoms with Crippen molar-refractivity contribution in [1.82, 2.24) is 19.9 Å². The summed E-state index contributed by atoms with van der Waals surface area (Å²) in [6.45, 7) is 1.99. The van der Waals surface area contributed by atoms with E-state index in [1.165, 1.54) is 0 Å². The molecule has 230 valence electrons. The summed E-state index contributed by atoms with van der Waals surface area (Å²) in [5.74, 6) is -1.19. The molecule has 15 heteroatoms. The van der Waals surface area contributed by atoms with Crippen LogP contribution >= 0.6 is 11.6 Å². The van der Waals surface area contributed by atoms with E-state index in [9.17, 15) is 17.6 Å². The monoisotopic (exact) mass is 626 g/mol. The molecule has 4 atom stereocenters. The Bertz CT molecular complexity index is 1610. The van der Waals surface area contributed by atoms with Gasteiger partial charge in [0.05, 0.1) is 42.0 Å². The van der Waals surface area contributed by atoms with Crippen LogP contribution in [0.2, 0.25) is 5.02 Å². The molecular weight excluding hydrogens is 599 g/mol. The number of aromatic nitrogens is 3. The van der Waals surface area contributed by atoms with Crippen LogP contribution in [0, 0.1) is 11.7 Å². The Morgan fingerprint density at radius 1 is 1.19 bits per heavy atom. The van der Waals surface area contributed by atoms with Gasteiger partial charge >= 0.3 is 12.2 Å². The van der Waals surface area contributed by atoms with Crippen LogP contribution in [0.3, 0.4) is 0 Å². The lowest BCUT2D eigenvalue weighted by Gasteiger charge is -2.33. The molecule has 43 heavy (non-hydrogen) atoms. The lowest BCUT2D eigenvalue weighted by Crippen LogP contribution is -2.44. The zero-order chi connectivity index (χ0) is 30.3. The summed E-state index contributed by atoms with van der Waals surface area (Å²) < 4.78 is 91.2. The quantitative estimate of drug-likeness (QED) is 0.321. The minimum Gasteiger partial charge on any atom is -0.477 e. The maximum absolute atomic E-state index is 16.5. The zero-order valence-electron chi connectivity index (χ0n) is 23.1. The minimum absolute atomic E-state index is 0.0726. The smallest absolute Gasteiger partial charge is 0.418 e. The van der Waals surface area contributed by atoms with E-state index < -0.39 is 45.5 Å². The molecule has 2 unspecified atom stereocenters. The lowest BCUT2D eigenvalue weighted by molar-refractivity contribution is -0.137.